The number of hydrogen-bond donors (Lipinski definition) is 3. The molecule has 1 heterocycles. The standard InChI is InChI=1S/C18H22N4O3S/c23-18(20-13-16-7-3-4-12-19-16)21-14-8-10-17(11-9-14)26(24,25)22-15-5-1-2-6-15/h3-4,7-12,15,22H,1-2,5-6,13H2,(H2,20,21,23). The first kappa shape index (κ1) is 18.3. The third-order valence-corrected chi connectivity index (χ3v) is 5.79. The number of aromatic nitrogens is 1. The second-order valence-corrected chi connectivity index (χ2v) is 7.97. The molecule has 1 aromatic heterocycles. The summed E-state index contributed by atoms with van der Waals surface area (Å²) in [7, 11) is -3.52. The topological polar surface area (TPSA) is 100 Å². The minimum absolute atomic E-state index is 0.0233. The molecule has 8 heteroatoms. The van der Waals surface area contributed by atoms with Gasteiger partial charge in [-0.05, 0) is 49.2 Å². The lowest BCUT2D eigenvalue weighted by Crippen LogP contribution is -2.32. The summed E-state index contributed by atoms with van der Waals surface area (Å²) in [5.41, 5.74) is 1.27. The van der Waals surface area contributed by atoms with Gasteiger partial charge in [0.15, 0.2) is 0 Å². The fourth-order valence-corrected chi connectivity index (χ4v) is 4.20. The van der Waals surface area contributed by atoms with Crippen LogP contribution in [0.2, 0.25) is 0 Å². The molecular weight excluding hydrogens is 352 g/mol. The minimum Gasteiger partial charge on any atom is -0.332 e. The summed E-state index contributed by atoms with van der Waals surface area (Å²) < 4.78 is 27.5. The third-order valence-electron chi connectivity index (χ3n) is 4.26. The SMILES string of the molecule is O=C(NCc1ccccn1)Nc1ccc(S(=O)(=O)NC2CCCC2)cc1. The van der Waals surface area contributed by atoms with E-state index in [2.05, 4.69) is 20.3 Å². The molecule has 3 N–H and O–H groups in total. The van der Waals surface area contributed by atoms with Gasteiger partial charge in [-0.15, -0.1) is 0 Å². The molecule has 7 nitrogen and oxygen atoms in total. The summed E-state index contributed by atoms with van der Waals surface area (Å²) in [5, 5.41) is 5.37. The van der Waals surface area contributed by atoms with Gasteiger partial charge in [-0.25, -0.2) is 17.9 Å². The van der Waals surface area contributed by atoms with Crippen LogP contribution in [0, 0.1) is 0 Å². The zero-order valence-electron chi connectivity index (χ0n) is 14.3. The lowest BCUT2D eigenvalue weighted by Gasteiger charge is -2.13. The largest absolute Gasteiger partial charge is 0.332 e. The number of pyridine rings is 1. The van der Waals surface area contributed by atoms with Gasteiger partial charge in [0.2, 0.25) is 10.0 Å². The highest BCUT2D eigenvalue weighted by Crippen LogP contribution is 2.21. The number of amides is 2. The number of anilines is 1. The van der Waals surface area contributed by atoms with Gasteiger partial charge >= 0.3 is 6.03 Å². The van der Waals surface area contributed by atoms with E-state index in [4.69, 9.17) is 0 Å². The number of nitrogens with zero attached hydrogens (tertiary/aromatic N) is 1. The van der Waals surface area contributed by atoms with Crippen LogP contribution in [0.1, 0.15) is 31.4 Å². The van der Waals surface area contributed by atoms with Crippen molar-refractivity contribution in [2.24, 2.45) is 0 Å². The van der Waals surface area contributed by atoms with Gasteiger partial charge in [-0.3, -0.25) is 4.98 Å². The van der Waals surface area contributed by atoms with Crippen molar-refractivity contribution in [1.82, 2.24) is 15.0 Å². The van der Waals surface area contributed by atoms with Crippen molar-refractivity contribution in [3.05, 3.63) is 54.4 Å². The van der Waals surface area contributed by atoms with E-state index in [0.717, 1.165) is 31.4 Å². The van der Waals surface area contributed by atoms with Crippen molar-refractivity contribution in [2.45, 2.75) is 43.2 Å². The Bertz CT molecular complexity index is 832. The van der Waals surface area contributed by atoms with Crippen LogP contribution < -0.4 is 15.4 Å². The minimum atomic E-state index is -3.52. The molecular formula is C18H22N4O3S. The first-order valence-electron chi connectivity index (χ1n) is 8.60. The molecule has 1 saturated carbocycles. The molecule has 0 bridgehead atoms. The molecule has 1 fully saturated rings. The molecule has 3 rings (SSSR count). The third kappa shape index (κ3) is 5.03. The Hall–Kier alpha value is -2.45. The quantitative estimate of drug-likeness (QED) is 0.723. The predicted molar refractivity (Wildman–Crippen MR) is 99.1 cm³/mol. The molecule has 0 saturated heterocycles. The Morgan fingerprint density at radius 1 is 1.08 bits per heavy atom. The lowest BCUT2D eigenvalue weighted by molar-refractivity contribution is 0.251. The Labute approximate surface area is 153 Å². The molecule has 0 radical (unpaired) electrons. The Morgan fingerprint density at radius 2 is 1.81 bits per heavy atom. The normalized spacial score (nSPS) is 14.9. The van der Waals surface area contributed by atoms with Gasteiger partial charge in [-0.2, -0.15) is 0 Å². The van der Waals surface area contributed by atoms with Crippen LogP contribution in [0.25, 0.3) is 0 Å². The molecule has 1 aliphatic rings. The smallest absolute Gasteiger partial charge is 0.319 e. The summed E-state index contributed by atoms with van der Waals surface area (Å²) in [5.74, 6) is 0. The molecule has 0 spiro atoms. The lowest BCUT2D eigenvalue weighted by atomic mass is 10.3. The number of rotatable bonds is 6. The van der Waals surface area contributed by atoms with Crippen molar-refractivity contribution in [3.63, 3.8) is 0 Å². The first-order valence-corrected chi connectivity index (χ1v) is 10.1. The highest BCUT2D eigenvalue weighted by Gasteiger charge is 2.22. The second kappa shape index (κ2) is 8.29. The van der Waals surface area contributed by atoms with Gasteiger partial charge in [0.05, 0.1) is 17.1 Å². The van der Waals surface area contributed by atoms with Crippen LogP contribution in [0.15, 0.2) is 53.6 Å². The number of benzene rings is 1. The maximum absolute atomic E-state index is 12.4. The van der Waals surface area contributed by atoms with Gasteiger partial charge in [0, 0.05) is 17.9 Å². The van der Waals surface area contributed by atoms with Gasteiger partial charge in [0.25, 0.3) is 0 Å². The van der Waals surface area contributed by atoms with Crippen LogP contribution in [-0.2, 0) is 16.6 Å². The summed E-state index contributed by atoms with van der Waals surface area (Å²) >= 11 is 0. The van der Waals surface area contributed by atoms with E-state index >= 15 is 0 Å². The van der Waals surface area contributed by atoms with Crippen LogP contribution in [0.3, 0.4) is 0 Å². The zero-order valence-corrected chi connectivity index (χ0v) is 15.1. The maximum Gasteiger partial charge on any atom is 0.319 e. The van der Waals surface area contributed by atoms with Crippen molar-refractivity contribution in [2.75, 3.05) is 5.32 Å². The fourth-order valence-electron chi connectivity index (χ4n) is 2.90. The monoisotopic (exact) mass is 374 g/mol. The average Bonchev–Trinajstić information content (AvgIpc) is 3.14. The molecule has 0 unspecified atom stereocenters. The molecule has 138 valence electrons. The number of carbonyl (C=O) groups excluding carboxylic acids is 1. The van der Waals surface area contributed by atoms with E-state index in [1.165, 1.54) is 12.1 Å². The average molecular weight is 374 g/mol. The Morgan fingerprint density at radius 3 is 2.46 bits per heavy atom. The van der Waals surface area contributed by atoms with Crippen molar-refractivity contribution >= 4 is 21.7 Å². The number of nitrogens with one attached hydrogen (secondary N) is 3. The summed E-state index contributed by atoms with van der Waals surface area (Å²) in [6, 6.07) is 11.2. The fraction of sp³-hybridized carbons (Fsp3) is 0.333. The highest BCUT2D eigenvalue weighted by molar-refractivity contribution is 7.89. The molecule has 26 heavy (non-hydrogen) atoms. The van der Waals surface area contributed by atoms with E-state index in [1.807, 2.05) is 12.1 Å². The summed E-state index contributed by atoms with van der Waals surface area (Å²) in [6.07, 6.45) is 5.55. The predicted octanol–water partition coefficient (Wildman–Crippen LogP) is 2.62. The van der Waals surface area contributed by atoms with Crippen LogP contribution in [0.5, 0.6) is 0 Å². The second-order valence-electron chi connectivity index (χ2n) is 6.26. The Balaban J connectivity index is 1.54. The Kier molecular flexibility index (Phi) is 5.85. The van der Waals surface area contributed by atoms with Crippen molar-refractivity contribution in [3.8, 4) is 0 Å². The van der Waals surface area contributed by atoms with Crippen molar-refractivity contribution in [1.29, 1.82) is 0 Å². The number of urea groups is 1. The number of carbonyl (C=O) groups is 1. The summed E-state index contributed by atoms with van der Waals surface area (Å²) in [6.45, 7) is 0.310. The molecule has 1 aromatic carbocycles. The highest BCUT2D eigenvalue weighted by atomic mass is 32.2. The van der Waals surface area contributed by atoms with Crippen LogP contribution in [0.4, 0.5) is 10.5 Å². The van der Waals surface area contributed by atoms with E-state index in [9.17, 15) is 13.2 Å². The van der Waals surface area contributed by atoms with Gasteiger partial charge < -0.3 is 10.6 Å². The zero-order chi connectivity index (χ0) is 18.4. The van der Waals surface area contributed by atoms with Crippen molar-refractivity contribution < 1.29 is 13.2 Å². The first-order chi connectivity index (χ1) is 12.5. The number of hydrogen-bond acceptors (Lipinski definition) is 4. The molecule has 0 atom stereocenters. The molecule has 1 aliphatic carbocycles. The number of sulfonamides is 1. The van der Waals surface area contributed by atoms with Crippen LogP contribution in [-0.4, -0.2) is 25.5 Å². The maximum atomic E-state index is 12.4. The van der Waals surface area contributed by atoms with E-state index in [1.54, 1.807) is 24.4 Å². The van der Waals surface area contributed by atoms with E-state index in [0.29, 0.717) is 12.2 Å². The molecule has 2 aromatic rings. The van der Waals surface area contributed by atoms with Gasteiger partial charge in [-0.1, -0.05) is 18.9 Å². The molecule has 0 aliphatic heterocycles. The summed E-state index contributed by atoms with van der Waals surface area (Å²) in [4.78, 5) is 16.2. The van der Waals surface area contributed by atoms with Crippen LogP contribution >= 0.6 is 0 Å². The van der Waals surface area contributed by atoms with Gasteiger partial charge in [0.1, 0.15) is 0 Å². The molecule has 2 amide bonds. The van der Waals surface area contributed by atoms with E-state index in [-0.39, 0.29) is 17.0 Å². The van der Waals surface area contributed by atoms with E-state index < -0.39 is 10.0 Å².